The second kappa shape index (κ2) is 28.0. The number of amides is 7. The minimum atomic E-state index is -1.82. The van der Waals surface area contributed by atoms with Crippen molar-refractivity contribution < 1.29 is 64.9 Å². The smallest absolute Gasteiger partial charge is 0.245 e. The van der Waals surface area contributed by atoms with E-state index in [4.69, 9.17) is 18.6 Å². The molecule has 0 radical (unpaired) electrons. The molecule has 7 amide bonds. The van der Waals surface area contributed by atoms with E-state index in [1.807, 2.05) is 5.32 Å². The molecule has 24 nitrogen and oxygen atoms in total. The van der Waals surface area contributed by atoms with E-state index in [1.165, 1.54) is 0 Å². The largest absolute Gasteiger partial charge is 0.394 e. The van der Waals surface area contributed by atoms with Crippen molar-refractivity contribution in [1.82, 2.24) is 42.6 Å². The summed E-state index contributed by atoms with van der Waals surface area (Å²) in [6.07, 6.45) is -3.32. The predicted octanol–water partition coefficient (Wildman–Crippen LogP) is -7.66. The normalized spacial score (nSPS) is 15.4. The Morgan fingerprint density at radius 3 is 1.97 bits per heavy atom. The van der Waals surface area contributed by atoms with Gasteiger partial charge in [0.25, 0.3) is 0 Å². The van der Waals surface area contributed by atoms with E-state index in [0.717, 1.165) is 17.6 Å². The SMILES string of the molecule is [2H]C(=O)[C@H](CC(N)=O)NC(=O)[C@@H](NC(=O)C(CO)NN(N[C@H](C=O)CO)C(CCC(=O)NCCCCNC(=O)C(Cc1ccccc1)NC(=O)C(N)CO)C(N)=O)[C@@H](C)O. The number of unbranched alkanes of at least 4 members (excludes halogenated alkanes) is 1. The summed E-state index contributed by atoms with van der Waals surface area (Å²) in [5.41, 5.74) is 21.8. The van der Waals surface area contributed by atoms with Gasteiger partial charge in [0.1, 0.15) is 50.2 Å². The molecule has 0 heterocycles. The quantitative estimate of drug-likeness (QED) is 0.0188. The Labute approximate surface area is 341 Å². The molecular formula is C35H57N11O13. The molecular weight excluding hydrogens is 782 g/mol. The number of primary amides is 2. The number of nitrogens with zero attached hydrogens (tertiary/aromatic N) is 1. The Kier molecular flexibility index (Phi) is 23.6. The van der Waals surface area contributed by atoms with Crippen molar-refractivity contribution in [3.63, 3.8) is 0 Å². The molecule has 0 aliphatic carbocycles. The highest BCUT2D eigenvalue weighted by Gasteiger charge is 2.34. The highest BCUT2D eigenvalue weighted by molar-refractivity contribution is 5.92. The first kappa shape index (κ1) is 49.7. The molecule has 1 rings (SSSR count). The van der Waals surface area contributed by atoms with E-state index in [1.54, 1.807) is 30.3 Å². The van der Waals surface area contributed by atoms with Crippen molar-refractivity contribution in [2.24, 2.45) is 17.2 Å². The van der Waals surface area contributed by atoms with Gasteiger partial charge in [0.05, 0.1) is 38.4 Å². The average Bonchev–Trinajstić information content (AvgIpc) is 3.20. The summed E-state index contributed by atoms with van der Waals surface area (Å²) in [4.78, 5) is 111. The maximum Gasteiger partial charge on any atom is 0.245 e. The fourth-order valence-electron chi connectivity index (χ4n) is 5.09. The molecule has 17 N–H and O–H groups in total. The van der Waals surface area contributed by atoms with Crippen LogP contribution in [0.3, 0.4) is 0 Å². The Hall–Kier alpha value is -5.47. The summed E-state index contributed by atoms with van der Waals surface area (Å²) in [6, 6.07) is -1.54. The summed E-state index contributed by atoms with van der Waals surface area (Å²) < 4.78 is 7.25. The van der Waals surface area contributed by atoms with E-state index in [2.05, 4.69) is 32.1 Å². The van der Waals surface area contributed by atoms with Crippen molar-refractivity contribution in [3.8, 4) is 0 Å². The van der Waals surface area contributed by atoms with E-state index >= 15 is 0 Å². The zero-order valence-corrected chi connectivity index (χ0v) is 32.5. The fourth-order valence-corrected chi connectivity index (χ4v) is 5.09. The third-order valence-electron chi connectivity index (χ3n) is 8.35. The van der Waals surface area contributed by atoms with Crippen molar-refractivity contribution in [1.29, 1.82) is 0 Å². The van der Waals surface area contributed by atoms with Crippen LogP contribution >= 0.6 is 0 Å². The summed E-state index contributed by atoms with van der Waals surface area (Å²) >= 11 is 0. The van der Waals surface area contributed by atoms with Gasteiger partial charge in [-0.25, -0.2) is 10.9 Å². The molecule has 0 bridgehead atoms. The first-order valence-electron chi connectivity index (χ1n) is 19.0. The van der Waals surface area contributed by atoms with Crippen LogP contribution < -0.4 is 54.6 Å². The molecule has 1 aromatic rings. The summed E-state index contributed by atoms with van der Waals surface area (Å²) in [5, 5.41) is 51.8. The molecule has 59 heavy (non-hydrogen) atoms. The number of hydrogen-bond acceptors (Lipinski definition) is 17. The second-order valence-electron chi connectivity index (χ2n) is 13.2. The van der Waals surface area contributed by atoms with Crippen LogP contribution in [0.15, 0.2) is 30.3 Å². The number of rotatable bonds is 31. The van der Waals surface area contributed by atoms with Crippen LogP contribution in [0, 0.1) is 0 Å². The lowest BCUT2D eigenvalue weighted by molar-refractivity contribution is -0.138. The Bertz CT molecular complexity index is 1590. The summed E-state index contributed by atoms with van der Waals surface area (Å²) in [7, 11) is 0. The minimum absolute atomic E-state index is 0.132. The maximum atomic E-state index is 13.2. The minimum Gasteiger partial charge on any atom is -0.394 e. The number of nitrogens with one attached hydrogen (secondary N) is 7. The number of aliphatic hydroxyl groups excluding tert-OH is 4. The summed E-state index contributed by atoms with van der Waals surface area (Å²) in [6.45, 7) is -1.10. The van der Waals surface area contributed by atoms with Gasteiger partial charge in [-0.2, -0.15) is 5.12 Å². The van der Waals surface area contributed by atoms with E-state index < -0.39 is 122 Å². The molecule has 4 unspecified atom stereocenters. The number of aliphatic hydroxyl groups is 4. The van der Waals surface area contributed by atoms with Crippen LogP contribution in [0.25, 0.3) is 0 Å². The fraction of sp³-hybridized carbons (Fsp3) is 0.571. The van der Waals surface area contributed by atoms with Gasteiger partial charge in [-0.05, 0) is 31.7 Å². The zero-order chi connectivity index (χ0) is 45.4. The molecule has 24 heteroatoms. The molecule has 1 aromatic carbocycles. The average molecular weight is 841 g/mol. The number of carbonyl (C=O) groups excluding carboxylic acids is 9. The summed E-state index contributed by atoms with van der Waals surface area (Å²) in [5.74, 6) is -6.29. The zero-order valence-electron chi connectivity index (χ0n) is 33.5. The lowest BCUT2D eigenvalue weighted by atomic mass is 10.0. The van der Waals surface area contributed by atoms with Crippen LogP contribution in [0.2, 0.25) is 0 Å². The van der Waals surface area contributed by atoms with Gasteiger partial charge < -0.3 is 73.8 Å². The molecule has 0 fully saturated rings. The van der Waals surface area contributed by atoms with Gasteiger partial charge in [0, 0.05) is 25.9 Å². The lowest BCUT2D eigenvalue weighted by Crippen LogP contribution is -2.67. The van der Waals surface area contributed by atoms with Crippen LogP contribution in [-0.4, -0.2) is 161 Å². The molecule has 0 spiro atoms. The van der Waals surface area contributed by atoms with Gasteiger partial charge in [0.15, 0.2) is 0 Å². The standard InChI is InChI=1S/C35H57N11O13/c1-20(52)30(35(59)41-22(15-47)14-28(37)53)43-34(58)26(19-51)45-46(44-23(16-48)17-49)27(31(38)55)9-10-29(54)39-11-5-6-12-40-33(57)25(42-32(56)24(36)18-50)13-21-7-3-2-4-8-21/h2-4,7-8,15-16,20,22-27,30,44-45,49-52H,5-6,9-14,17-19,36H2,1H3,(H2,37,53)(H2,38,55)(H,39,54)(H,40,57)(H,41,59)(H,42,56)(H,43,58)/t20-,22+,23-,24?,25?,26?,27?,30+/m1/s1/i15D. The van der Waals surface area contributed by atoms with E-state index in [0.29, 0.717) is 12.8 Å². The number of hydrazine groups is 2. The number of nitrogens with two attached hydrogens (primary N) is 3. The van der Waals surface area contributed by atoms with Crippen LogP contribution in [0.5, 0.6) is 0 Å². The van der Waals surface area contributed by atoms with E-state index in [-0.39, 0.29) is 38.6 Å². The van der Waals surface area contributed by atoms with Gasteiger partial charge in [-0.3, -0.25) is 33.6 Å². The lowest BCUT2D eigenvalue weighted by Gasteiger charge is -2.35. The predicted molar refractivity (Wildman–Crippen MR) is 206 cm³/mol. The third kappa shape index (κ3) is 19.7. The highest BCUT2D eigenvalue weighted by Crippen LogP contribution is 2.07. The Morgan fingerprint density at radius 1 is 0.797 bits per heavy atom. The van der Waals surface area contributed by atoms with Crippen molar-refractivity contribution in [2.75, 3.05) is 32.9 Å². The maximum absolute atomic E-state index is 13.2. The molecule has 0 aliphatic rings. The number of benzene rings is 1. The van der Waals surface area contributed by atoms with Gasteiger partial charge in [0.2, 0.25) is 41.4 Å². The van der Waals surface area contributed by atoms with E-state index in [9.17, 15) is 63.6 Å². The topological polar surface area (TPSA) is 400 Å². The molecule has 0 aliphatic heterocycles. The molecule has 0 saturated carbocycles. The first-order valence-corrected chi connectivity index (χ1v) is 18.5. The first-order chi connectivity index (χ1) is 28.4. The second-order valence-corrected chi connectivity index (χ2v) is 13.2. The van der Waals surface area contributed by atoms with Crippen molar-refractivity contribution in [2.45, 2.75) is 93.8 Å². The molecule has 330 valence electrons. The molecule has 0 saturated heterocycles. The molecule has 0 aromatic heterocycles. The Balaban J connectivity index is 2.89. The van der Waals surface area contributed by atoms with Crippen LogP contribution in [-0.2, 0) is 49.6 Å². The van der Waals surface area contributed by atoms with Gasteiger partial charge in [-0.15, -0.1) is 0 Å². The number of hydrogen-bond donors (Lipinski definition) is 14. The monoisotopic (exact) mass is 840 g/mol. The van der Waals surface area contributed by atoms with Crippen LogP contribution in [0.1, 0.15) is 46.0 Å². The Morgan fingerprint density at radius 2 is 1.44 bits per heavy atom. The van der Waals surface area contributed by atoms with Crippen molar-refractivity contribution >= 4 is 53.9 Å². The third-order valence-corrected chi connectivity index (χ3v) is 8.35. The van der Waals surface area contributed by atoms with Crippen molar-refractivity contribution in [3.05, 3.63) is 35.9 Å². The number of aldehydes is 2. The molecule has 8 atom stereocenters. The van der Waals surface area contributed by atoms with Gasteiger partial charge in [-0.1, -0.05) is 30.3 Å². The highest BCUT2D eigenvalue weighted by atomic mass is 16.3. The van der Waals surface area contributed by atoms with Gasteiger partial charge >= 0.3 is 0 Å². The van der Waals surface area contributed by atoms with Crippen LogP contribution in [0.4, 0.5) is 0 Å². The number of carbonyl (C=O) groups is 9.